The molecule has 0 saturated carbocycles. The van der Waals surface area contributed by atoms with Crippen LogP contribution in [-0.4, -0.2) is 38.3 Å². The van der Waals surface area contributed by atoms with E-state index in [2.05, 4.69) is 5.10 Å². The van der Waals surface area contributed by atoms with E-state index in [-0.39, 0.29) is 17.7 Å². The summed E-state index contributed by atoms with van der Waals surface area (Å²) in [6.45, 7) is 1.29. The molecule has 1 fully saturated rings. The van der Waals surface area contributed by atoms with Crippen molar-refractivity contribution in [3.8, 4) is 5.75 Å². The fraction of sp³-hybridized carbons (Fsp3) is 0.364. The van der Waals surface area contributed by atoms with Crippen LogP contribution in [0.15, 0.2) is 59.3 Å². The summed E-state index contributed by atoms with van der Waals surface area (Å²) in [5.41, 5.74) is 1.18. The number of aryl methyl sites for hydroxylation is 1. The summed E-state index contributed by atoms with van der Waals surface area (Å²) in [5.74, 6) is 1.38. The van der Waals surface area contributed by atoms with Crippen LogP contribution in [0.25, 0.3) is 0 Å². The molecular weight excluding hydrogens is 354 g/mol. The monoisotopic (exact) mass is 379 g/mol. The van der Waals surface area contributed by atoms with Crippen molar-refractivity contribution in [3.05, 3.63) is 71.9 Å². The van der Waals surface area contributed by atoms with Crippen LogP contribution in [-0.2, 0) is 13.0 Å². The van der Waals surface area contributed by atoms with Crippen LogP contribution in [0.4, 0.5) is 0 Å². The molecule has 1 saturated heterocycles. The van der Waals surface area contributed by atoms with Crippen molar-refractivity contribution in [1.82, 2.24) is 14.7 Å². The molecule has 0 unspecified atom stereocenters. The summed E-state index contributed by atoms with van der Waals surface area (Å²) in [4.78, 5) is 15.0. The van der Waals surface area contributed by atoms with Crippen LogP contribution >= 0.6 is 0 Å². The maximum Gasteiger partial charge on any atom is 0.289 e. The second-order valence-corrected chi connectivity index (χ2v) is 7.32. The van der Waals surface area contributed by atoms with E-state index in [4.69, 9.17) is 4.42 Å². The zero-order chi connectivity index (χ0) is 19.3. The van der Waals surface area contributed by atoms with E-state index in [1.807, 2.05) is 35.4 Å². The van der Waals surface area contributed by atoms with Gasteiger partial charge in [-0.2, -0.15) is 5.10 Å². The molecule has 146 valence electrons. The third-order valence-corrected chi connectivity index (χ3v) is 5.34. The van der Waals surface area contributed by atoms with E-state index in [0.29, 0.717) is 12.3 Å². The topological polar surface area (TPSA) is 71.5 Å². The number of nitrogens with zero attached hydrogens (tertiary/aromatic N) is 3. The molecule has 2 aromatic heterocycles. The lowest BCUT2D eigenvalue weighted by Crippen LogP contribution is -2.43. The van der Waals surface area contributed by atoms with Crippen molar-refractivity contribution in [3.63, 3.8) is 0 Å². The number of likely N-dealkylation sites (tertiary alicyclic amines) is 1. The first-order valence-corrected chi connectivity index (χ1v) is 9.84. The third kappa shape index (κ3) is 4.27. The molecule has 28 heavy (non-hydrogen) atoms. The van der Waals surface area contributed by atoms with Crippen molar-refractivity contribution in [1.29, 1.82) is 0 Å². The average molecular weight is 379 g/mol. The van der Waals surface area contributed by atoms with Gasteiger partial charge < -0.3 is 14.4 Å². The van der Waals surface area contributed by atoms with E-state index in [1.165, 1.54) is 5.56 Å². The molecule has 0 radical (unpaired) electrons. The molecule has 6 heteroatoms. The maximum atomic E-state index is 13.1. The molecule has 1 amide bonds. The number of benzene rings is 1. The largest absolute Gasteiger partial charge is 0.508 e. The molecule has 1 aromatic carbocycles. The fourth-order valence-electron chi connectivity index (χ4n) is 3.84. The molecule has 3 aromatic rings. The number of rotatable bonds is 6. The van der Waals surface area contributed by atoms with Gasteiger partial charge in [0.05, 0.1) is 6.54 Å². The Kier molecular flexibility index (Phi) is 5.46. The van der Waals surface area contributed by atoms with Gasteiger partial charge in [0.2, 0.25) is 0 Å². The van der Waals surface area contributed by atoms with E-state index in [1.54, 1.807) is 29.1 Å². The average Bonchev–Trinajstić information content (AvgIpc) is 3.40. The first kappa shape index (κ1) is 18.3. The fourth-order valence-corrected chi connectivity index (χ4v) is 3.84. The highest BCUT2D eigenvalue weighted by atomic mass is 16.4. The number of phenols is 1. The zero-order valence-electron chi connectivity index (χ0n) is 15.8. The molecule has 1 atom stereocenters. The third-order valence-electron chi connectivity index (χ3n) is 5.34. The predicted octanol–water partition coefficient (Wildman–Crippen LogP) is 3.86. The number of hydrogen-bond donors (Lipinski definition) is 1. The smallest absolute Gasteiger partial charge is 0.289 e. The Labute approximate surface area is 164 Å². The molecule has 0 bridgehead atoms. The van der Waals surface area contributed by atoms with Crippen molar-refractivity contribution in [2.75, 3.05) is 6.54 Å². The Balaban J connectivity index is 1.41. The minimum Gasteiger partial charge on any atom is -0.508 e. The van der Waals surface area contributed by atoms with Crippen molar-refractivity contribution >= 4 is 5.91 Å². The molecule has 1 N–H and O–H groups in total. The number of furan rings is 1. The van der Waals surface area contributed by atoms with Crippen molar-refractivity contribution < 1.29 is 14.3 Å². The van der Waals surface area contributed by atoms with Crippen molar-refractivity contribution in [2.24, 2.45) is 0 Å². The van der Waals surface area contributed by atoms with Crippen LogP contribution < -0.4 is 0 Å². The molecular formula is C22H25N3O3. The minimum absolute atomic E-state index is 0.0258. The van der Waals surface area contributed by atoms with Crippen molar-refractivity contribution in [2.45, 2.75) is 44.7 Å². The van der Waals surface area contributed by atoms with Gasteiger partial charge in [0.15, 0.2) is 5.76 Å². The number of carbonyl (C=O) groups is 1. The van der Waals surface area contributed by atoms with Crippen LogP contribution in [0.5, 0.6) is 5.75 Å². The zero-order valence-corrected chi connectivity index (χ0v) is 15.8. The normalized spacial score (nSPS) is 17.0. The van der Waals surface area contributed by atoms with Gasteiger partial charge >= 0.3 is 0 Å². The second-order valence-electron chi connectivity index (χ2n) is 7.32. The summed E-state index contributed by atoms with van der Waals surface area (Å²) < 4.78 is 7.59. The van der Waals surface area contributed by atoms with Crippen LogP contribution in [0.2, 0.25) is 0 Å². The maximum absolute atomic E-state index is 13.1. The van der Waals surface area contributed by atoms with Gasteiger partial charge in [-0.3, -0.25) is 9.48 Å². The number of aromatic hydroxyl groups is 1. The standard InChI is InChI=1S/C22H25N3O3/c26-19-9-6-17(7-10-19)5-8-18-4-1-2-15-25(18)22(27)21-12-11-20(28-21)16-24-14-3-13-23-24/h3,6-7,9-14,18,26H,1-2,4-5,8,15-16H2/t18-/m0/s1. The molecule has 1 aliphatic rings. The number of aromatic nitrogens is 2. The van der Waals surface area contributed by atoms with Gasteiger partial charge in [-0.15, -0.1) is 0 Å². The van der Waals surface area contributed by atoms with Gasteiger partial charge in [-0.1, -0.05) is 12.1 Å². The number of amides is 1. The lowest BCUT2D eigenvalue weighted by Gasteiger charge is -2.35. The first-order valence-electron chi connectivity index (χ1n) is 9.84. The summed E-state index contributed by atoms with van der Waals surface area (Å²) in [6, 6.07) is 13.0. The van der Waals surface area contributed by atoms with Gasteiger partial charge in [0.25, 0.3) is 5.91 Å². The lowest BCUT2D eigenvalue weighted by molar-refractivity contribution is 0.0567. The van der Waals surface area contributed by atoms with Gasteiger partial charge in [-0.25, -0.2) is 0 Å². The summed E-state index contributed by atoms with van der Waals surface area (Å²) in [7, 11) is 0. The molecule has 6 nitrogen and oxygen atoms in total. The number of piperidine rings is 1. The first-order chi connectivity index (χ1) is 13.7. The van der Waals surface area contributed by atoms with Crippen LogP contribution in [0.3, 0.4) is 0 Å². The highest BCUT2D eigenvalue weighted by Gasteiger charge is 2.29. The molecule has 0 aliphatic carbocycles. The number of hydrogen-bond acceptors (Lipinski definition) is 4. The van der Waals surface area contributed by atoms with Crippen LogP contribution in [0, 0.1) is 0 Å². The summed E-state index contributed by atoms with van der Waals surface area (Å²) in [5, 5.41) is 13.6. The molecule has 3 heterocycles. The number of phenolic OH excluding ortho intramolecular Hbond substituents is 1. The van der Waals surface area contributed by atoms with Crippen LogP contribution in [0.1, 0.15) is 47.6 Å². The van der Waals surface area contributed by atoms with Gasteiger partial charge in [0.1, 0.15) is 11.5 Å². The highest BCUT2D eigenvalue weighted by molar-refractivity contribution is 5.91. The quantitative estimate of drug-likeness (QED) is 0.706. The Morgan fingerprint density at radius 1 is 1.18 bits per heavy atom. The Hall–Kier alpha value is -3.02. The molecule has 1 aliphatic heterocycles. The second kappa shape index (κ2) is 8.33. The SMILES string of the molecule is O=C(c1ccc(Cn2cccn2)o1)N1CCCC[C@H]1CCc1ccc(O)cc1. The van der Waals surface area contributed by atoms with E-state index in [0.717, 1.165) is 44.4 Å². The van der Waals surface area contributed by atoms with E-state index < -0.39 is 0 Å². The van der Waals surface area contributed by atoms with E-state index >= 15 is 0 Å². The Morgan fingerprint density at radius 3 is 2.82 bits per heavy atom. The van der Waals surface area contributed by atoms with E-state index in [9.17, 15) is 9.90 Å². The molecule has 4 rings (SSSR count). The minimum atomic E-state index is -0.0258. The summed E-state index contributed by atoms with van der Waals surface area (Å²) >= 11 is 0. The Bertz CT molecular complexity index is 900. The molecule has 0 spiro atoms. The van der Waals surface area contributed by atoms with Gasteiger partial charge in [0, 0.05) is 25.0 Å². The highest BCUT2D eigenvalue weighted by Crippen LogP contribution is 2.24. The van der Waals surface area contributed by atoms with Gasteiger partial charge in [-0.05, 0) is 68.0 Å². The summed E-state index contributed by atoms with van der Waals surface area (Å²) in [6.07, 6.45) is 8.59. The lowest BCUT2D eigenvalue weighted by atomic mass is 9.95. The predicted molar refractivity (Wildman–Crippen MR) is 105 cm³/mol. The Morgan fingerprint density at radius 2 is 2.04 bits per heavy atom. The number of carbonyl (C=O) groups excluding carboxylic acids is 1.